The van der Waals surface area contributed by atoms with Gasteiger partial charge in [-0.1, -0.05) is 56.9 Å². The molecular formula is C24H38O4. The van der Waals surface area contributed by atoms with Crippen LogP contribution in [0.25, 0.3) is 0 Å². The van der Waals surface area contributed by atoms with Crippen molar-refractivity contribution in [1.82, 2.24) is 0 Å². The molecule has 3 fully saturated rings. The second-order valence-corrected chi connectivity index (χ2v) is 9.67. The van der Waals surface area contributed by atoms with Crippen molar-refractivity contribution in [3.8, 4) is 0 Å². The van der Waals surface area contributed by atoms with Gasteiger partial charge >= 0.3 is 5.97 Å². The Kier molecular flexibility index (Phi) is 7.38. The lowest BCUT2D eigenvalue weighted by Gasteiger charge is -2.38. The molecule has 4 heteroatoms. The Balaban J connectivity index is 1.58. The smallest absolute Gasteiger partial charge is 0.306 e. The Bertz CT molecular complexity index is 585. The van der Waals surface area contributed by atoms with Gasteiger partial charge in [-0.05, 0) is 61.7 Å². The van der Waals surface area contributed by atoms with Crippen molar-refractivity contribution in [2.24, 2.45) is 41.4 Å². The highest BCUT2D eigenvalue weighted by Gasteiger charge is 2.45. The molecule has 3 unspecified atom stereocenters. The van der Waals surface area contributed by atoms with Gasteiger partial charge in [-0.25, -0.2) is 0 Å². The highest BCUT2D eigenvalue weighted by atomic mass is 16.4. The van der Waals surface area contributed by atoms with Crippen LogP contribution in [0.5, 0.6) is 0 Å². The van der Waals surface area contributed by atoms with Crippen molar-refractivity contribution in [1.29, 1.82) is 0 Å². The highest BCUT2D eigenvalue weighted by Crippen LogP contribution is 2.50. The van der Waals surface area contributed by atoms with Gasteiger partial charge in [0.2, 0.25) is 0 Å². The van der Waals surface area contributed by atoms with E-state index in [2.05, 4.69) is 19.9 Å². The van der Waals surface area contributed by atoms with Crippen LogP contribution in [0.1, 0.15) is 65.2 Å². The standard InChI is InChI=1S/C24H38O4/c1-15-6-3-7-16(2)23(15)20(24(27)28)9-4-8-17-12-18-14-22(26)19(10-5-11-25)21(18)13-17/h5,8,10,15-16,18-23,25-26H,3-4,6-7,9,11-14H2,1-2H3,(H,27,28)/t15?,16?,18-,19-,20?,21+,22-,23?/m1/s1. The molecule has 0 spiro atoms. The number of fused-ring (bicyclic) bond motifs is 1. The van der Waals surface area contributed by atoms with Crippen LogP contribution in [0.15, 0.2) is 23.8 Å². The number of carboxylic acid groups (broad SMARTS) is 1. The summed E-state index contributed by atoms with van der Waals surface area (Å²) in [7, 11) is 0. The summed E-state index contributed by atoms with van der Waals surface area (Å²) >= 11 is 0. The molecule has 3 rings (SSSR count). The lowest BCUT2D eigenvalue weighted by atomic mass is 9.66. The van der Waals surface area contributed by atoms with Crippen molar-refractivity contribution >= 4 is 5.97 Å². The zero-order valence-corrected chi connectivity index (χ0v) is 17.5. The number of aliphatic carboxylic acids is 1. The highest BCUT2D eigenvalue weighted by molar-refractivity contribution is 5.70. The van der Waals surface area contributed by atoms with Crippen molar-refractivity contribution in [3.63, 3.8) is 0 Å². The summed E-state index contributed by atoms with van der Waals surface area (Å²) in [5.41, 5.74) is 1.44. The van der Waals surface area contributed by atoms with Crippen LogP contribution in [-0.2, 0) is 4.79 Å². The minimum atomic E-state index is -0.621. The summed E-state index contributed by atoms with van der Waals surface area (Å²) in [6.07, 6.45) is 13.8. The summed E-state index contributed by atoms with van der Waals surface area (Å²) in [5, 5.41) is 29.2. The number of carbonyl (C=O) groups is 1. The van der Waals surface area contributed by atoms with Gasteiger partial charge in [-0.3, -0.25) is 4.79 Å². The molecule has 3 N–H and O–H groups in total. The van der Waals surface area contributed by atoms with Crippen molar-refractivity contribution in [2.45, 2.75) is 71.3 Å². The fourth-order valence-electron chi connectivity index (χ4n) is 6.61. The Morgan fingerprint density at radius 3 is 2.57 bits per heavy atom. The summed E-state index contributed by atoms with van der Waals surface area (Å²) in [5.74, 6) is 1.61. The first-order valence-corrected chi connectivity index (χ1v) is 11.3. The van der Waals surface area contributed by atoms with E-state index in [0.29, 0.717) is 29.6 Å². The molecule has 0 saturated heterocycles. The summed E-state index contributed by atoms with van der Waals surface area (Å²) in [6, 6.07) is 0. The maximum Gasteiger partial charge on any atom is 0.306 e. The molecule has 0 aliphatic heterocycles. The summed E-state index contributed by atoms with van der Waals surface area (Å²) < 4.78 is 0. The van der Waals surface area contributed by atoms with Crippen LogP contribution in [0.3, 0.4) is 0 Å². The normalized spacial score (nSPS) is 40.9. The van der Waals surface area contributed by atoms with E-state index in [1.54, 1.807) is 6.08 Å². The Morgan fingerprint density at radius 2 is 1.93 bits per heavy atom. The lowest BCUT2D eigenvalue weighted by molar-refractivity contribution is -0.146. The van der Waals surface area contributed by atoms with E-state index in [1.807, 2.05) is 6.08 Å². The average molecular weight is 391 g/mol. The summed E-state index contributed by atoms with van der Waals surface area (Å²) in [4.78, 5) is 12.0. The minimum absolute atomic E-state index is 0.0257. The number of hydrogen-bond acceptors (Lipinski definition) is 3. The van der Waals surface area contributed by atoms with Gasteiger partial charge in [0.1, 0.15) is 0 Å². The number of carboxylic acids is 1. The molecule has 0 aromatic heterocycles. The molecule has 0 aromatic carbocycles. The molecule has 28 heavy (non-hydrogen) atoms. The van der Waals surface area contributed by atoms with Crippen LogP contribution in [0, 0.1) is 41.4 Å². The first-order valence-electron chi connectivity index (χ1n) is 11.3. The zero-order valence-electron chi connectivity index (χ0n) is 17.5. The maximum atomic E-state index is 12.0. The van der Waals surface area contributed by atoms with Crippen LogP contribution < -0.4 is 0 Å². The zero-order chi connectivity index (χ0) is 20.3. The van der Waals surface area contributed by atoms with Gasteiger partial charge in [0.05, 0.1) is 18.6 Å². The molecule has 3 saturated carbocycles. The van der Waals surface area contributed by atoms with E-state index in [9.17, 15) is 15.0 Å². The Morgan fingerprint density at radius 1 is 1.21 bits per heavy atom. The number of aliphatic hydroxyl groups is 2. The molecule has 0 heterocycles. The summed E-state index contributed by atoms with van der Waals surface area (Å²) in [6.45, 7) is 4.49. The Hall–Kier alpha value is -1.13. The minimum Gasteiger partial charge on any atom is -0.481 e. The molecule has 158 valence electrons. The van der Waals surface area contributed by atoms with Crippen LogP contribution in [0.2, 0.25) is 0 Å². The van der Waals surface area contributed by atoms with Gasteiger partial charge in [-0.2, -0.15) is 0 Å². The lowest BCUT2D eigenvalue weighted by Crippen LogP contribution is -2.35. The molecule has 3 aliphatic rings. The predicted molar refractivity (Wildman–Crippen MR) is 111 cm³/mol. The third-order valence-corrected chi connectivity index (χ3v) is 7.90. The number of hydrogen-bond donors (Lipinski definition) is 3. The topological polar surface area (TPSA) is 77.8 Å². The fourth-order valence-corrected chi connectivity index (χ4v) is 6.61. The molecule has 0 amide bonds. The Labute approximate surface area is 169 Å². The molecule has 4 nitrogen and oxygen atoms in total. The monoisotopic (exact) mass is 390 g/mol. The maximum absolute atomic E-state index is 12.0. The third kappa shape index (κ3) is 4.71. The molecule has 3 aliphatic carbocycles. The van der Waals surface area contributed by atoms with Gasteiger partial charge < -0.3 is 15.3 Å². The first kappa shape index (κ1) is 21.6. The molecular weight excluding hydrogens is 352 g/mol. The van der Waals surface area contributed by atoms with Crippen LogP contribution >= 0.6 is 0 Å². The van der Waals surface area contributed by atoms with E-state index in [4.69, 9.17) is 5.11 Å². The van der Waals surface area contributed by atoms with Gasteiger partial charge in [0.25, 0.3) is 0 Å². The molecule has 0 aromatic rings. The predicted octanol–water partition coefficient (Wildman–Crippen LogP) is 4.42. The van der Waals surface area contributed by atoms with Gasteiger partial charge in [0, 0.05) is 5.92 Å². The van der Waals surface area contributed by atoms with E-state index in [0.717, 1.165) is 44.9 Å². The molecule has 7 atom stereocenters. The number of rotatable bonds is 7. The quantitative estimate of drug-likeness (QED) is 0.562. The second-order valence-electron chi connectivity index (χ2n) is 9.67. The van der Waals surface area contributed by atoms with E-state index >= 15 is 0 Å². The van der Waals surface area contributed by atoms with E-state index < -0.39 is 5.97 Å². The van der Waals surface area contributed by atoms with Crippen molar-refractivity contribution in [3.05, 3.63) is 23.8 Å². The van der Waals surface area contributed by atoms with Crippen molar-refractivity contribution < 1.29 is 20.1 Å². The van der Waals surface area contributed by atoms with Crippen LogP contribution in [-0.4, -0.2) is 34.0 Å². The van der Waals surface area contributed by atoms with Gasteiger partial charge in [-0.15, -0.1) is 0 Å². The first-order chi connectivity index (χ1) is 13.4. The second kappa shape index (κ2) is 9.58. The van der Waals surface area contributed by atoms with E-state index in [1.165, 1.54) is 12.0 Å². The number of aliphatic hydroxyl groups excluding tert-OH is 2. The molecule has 0 bridgehead atoms. The largest absolute Gasteiger partial charge is 0.481 e. The van der Waals surface area contributed by atoms with Gasteiger partial charge in [0.15, 0.2) is 0 Å². The fraction of sp³-hybridized carbons (Fsp3) is 0.792. The SMILES string of the molecule is CC1CCCC(C)C1C(CCC=C1C[C@@H]2C[C@@H](O)[C@H](C=CCO)[C@H]2C1)C(=O)O. The number of allylic oxidation sites excluding steroid dienone is 2. The molecule has 0 radical (unpaired) electrons. The van der Waals surface area contributed by atoms with Crippen molar-refractivity contribution in [2.75, 3.05) is 6.61 Å². The average Bonchev–Trinajstić information content (AvgIpc) is 3.14. The van der Waals surface area contributed by atoms with E-state index in [-0.39, 0.29) is 24.5 Å². The third-order valence-electron chi connectivity index (χ3n) is 7.90. The van der Waals surface area contributed by atoms with Crippen LogP contribution in [0.4, 0.5) is 0 Å².